The number of pyridine rings is 1. The van der Waals surface area contributed by atoms with Gasteiger partial charge in [0.25, 0.3) is 5.91 Å². The minimum Gasteiger partial charge on any atom is -0.474 e. The van der Waals surface area contributed by atoms with Gasteiger partial charge < -0.3 is 14.7 Å². The Morgan fingerprint density at radius 3 is 2.61 bits per heavy atom. The lowest BCUT2D eigenvalue weighted by Gasteiger charge is -2.28. The van der Waals surface area contributed by atoms with Gasteiger partial charge in [0.1, 0.15) is 11.1 Å². The number of thiazole rings is 1. The third kappa shape index (κ3) is 7.08. The van der Waals surface area contributed by atoms with E-state index in [-0.39, 0.29) is 42.1 Å². The average Bonchev–Trinajstić information content (AvgIpc) is 3.82. The van der Waals surface area contributed by atoms with Crippen LogP contribution in [-0.4, -0.2) is 50.4 Å². The summed E-state index contributed by atoms with van der Waals surface area (Å²) in [5.74, 6) is 0.229. The number of aliphatic hydroxyl groups is 1. The van der Waals surface area contributed by atoms with E-state index in [1.807, 2.05) is 65.7 Å². The van der Waals surface area contributed by atoms with E-state index >= 15 is 0 Å². The highest BCUT2D eigenvalue weighted by atomic mass is 32.1. The van der Waals surface area contributed by atoms with Crippen LogP contribution in [0, 0.1) is 18.8 Å². The maximum absolute atomic E-state index is 13.8. The Kier molecular flexibility index (Phi) is 9.48. The summed E-state index contributed by atoms with van der Waals surface area (Å²) in [6.45, 7) is 2.65. The van der Waals surface area contributed by atoms with Gasteiger partial charge in [-0.15, -0.1) is 11.3 Å². The minimum atomic E-state index is -0.659. The molecule has 5 atom stereocenters. The molecule has 0 spiro atoms. The van der Waals surface area contributed by atoms with E-state index < -0.39 is 6.10 Å². The second kappa shape index (κ2) is 13.8. The van der Waals surface area contributed by atoms with Crippen molar-refractivity contribution in [1.82, 2.24) is 14.9 Å². The van der Waals surface area contributed by atoms with Crippen LogP contribution in [-0.2, 0) is 6.42 Å². The van der Waals surface area contributed by atoms with Crippen molar-refractivity contribution in [3.05, 3.63) is 112 Å². The van der Waals surface area contributed by atoms with E-state index in [0.29, 0.717) is 30.0 Å². The average molecular weight is 610 g/mol. The Hall–Kier alpha value is -3.88. The van der Waals surface area contributed by atoms with Gasteiger partial charge in [-0.2, -0.15) is 0 Å². The summed E-state index contributed by atoms with van der Waals surface area (Å²) < 4.78 is 6.09. The fourth-order valence-electron chi connectivity index (χ4n) is 6.73. The number of carbonyl (C=O) groups excluding carboxylic acids is 2. The number of ether oxygens (including phenoxy) is 1. The van der Waals surface area contributed by atoms with Crippen molar-refractivity contribution in [2.75, 3.05) is 6.54 Å². The summed E-state index contributed by atoms with van der Waals surface area (Å²) in [4.78, 5) is 38.3. The number of rotatable bonds is 11. The molecule has 1 N–H and O–H groups in total. The molecule has 228 valence electrons. The van der Waals surface area contributed by atoms with Crippen molar-refractivity contribution >= 4 is 23.0 Å². The van der Waals surface area contributed by atoms with E-state index in [1.54, 1.807) is 41.8 Å². The first-order valence-electron chi connectivity index (χ1n) is 15.6. The first-order valence-corrected chi connectivity index (χ1v) is 16.5. The van der Waals surface area contributed by atoms with Crippen molar-refractivity contribution in [3.63, 3.8) is 0 Å². The third-order valence-electron chi connectivity index (χ3n) is 8.97. The first-order chi connectivity index (χ1) is 21.4. The van der Waals surface area contributed by atoms with Crippen LogP contribution < -0.4 is 4.74 Å². The number of amides is 1. The molecule has 2 aromatic carbocycles. The molecule has 2 aromatic heterocycles. The molecule has 1 saturated heterocycles. The largest absolute Gasteiger partial charge is 0.474 e. The van der Waals surface area contributed by atoms with E-state index in [4.69, 9.17) is 4.74 Å². The van der Waals surface area contributed by atoms with Crippen LogP contribution in [0.25, 0.3) is 0 Å². The second-order valence-electron chi connectivity index (χ2n) is 12.1. The highest BCUT2D eigenvalue weighted by Crippen LogP contribution is 2.37. The lowest BCUT2D eigenvalue weighted by molar-refractivity contribution is 0.0412. The number of hydrogen-bond acceptors (Lipinski definition) is 7. The van der Waals surface area contributed by atoms with Crippen molar-refractivity contribution in [1.29, 1.82) is 0 Å². The van der Waals surface area contributed by atoms with Gasteiger partial charge in [-0.3, -0.25) is 9.59 Å². The second-order valence-corrected chi connectivity index (χ2v) is 13.0. The predicted octanol–water partition coefficient (Wildman–Crippen LogP) is 6.86. The van der Waals surface area contributed by atoms with E-state index in [1.165, 1.54) is 0 Å². The van der Waals surface area contributed by atoms with Crippen molar-refractivity contribution in [2.45, 2.75) is 70.1 Å². The van der Waals surface area contributed by atoms with Gasteiger partial charge in [-0.05, 0) is 81.0 Å². The van der Waals surface area contributed by atoms with Crippen LogP contribution in [0.5, 0.6) is 5.88 Å². The molecule has 2 fully saturated rings. The van der Waals surface area contributed by atoms with Crippen molar-refractivity contribution < 1.29 is 19.4 Å². The summed E-state index contributed by atoms with van der Waals surface area (Å²) >= 11 is 1.60. The normalized spacial score (nSPS) is 21.2. The maximum Gasteiger partial charge on any atom is 0.254 e. The van der Waals surface area contributed by atoms with Gasteiger partial charge in [0.05, 0.1) is 12.1 Å². The number of benzene rings is 2. The summed E-state index contributed by atoms with van der Waals surface area (Å²) in [5.41, 5.74) is 3.08. The Balaban J connectivity index is 1.16. The van der Waals surface area contributed by atoms with Crippen molar-refractivity contribution in [3.8, 4) is 5.88 Å². The Bertz CT molecular complexity index is 1560. The van der Waals surface area contributed by atoms with Crippen LogP contribution in [0.1, 0.15) is 81.5 Å². The number of aliphatic hydroxyl groups excluding tert-OH is 1. The van der Waals surface area contributed by atoms with Gasteiger partial charge in [0.15, 0.2) is 5.78 Å². The van der Waals surface area contributed by atoms with Crippen LogP contribution in [0.2, 0.25) is 0 Å². The first kappa shape index (κ1) is 30.2. The zero-order chi connectivity index (χ0) is 30.5. The molecule has 2 aliphatic rings. The smallest absolute Gasteiger partial charge is 0.254 e. The molecule has 3 heterocycles. The molecule has 44 heavy (non-hydrogen) atoms. The van der Waals surface area contributed by atoms with E-state index in [2.05, 4.69) is 9.97 Å². The number of hydrogen-bond donors (Lipinski definition) is 1. The molecule has 1 aliphatic carbocycles. The SMILES string of the molecule is Cc1csc([C@H]2CCCN2C(=O)c2cccc(C(=O)C[C@@H](Cc3ccccc3)[C@H](O)[C@@H]3CC[C@H](Oc4ccccn4)C3)c2)n1. The van der Waals surface area contributed by atoms with Crippen molar-refractivity contribution in [2.24, 2.45) is 11.8 Å². The number of carbonyl (C=O) groups is 2. The summed E-state index contributed by atoms with van der Waals surface area (Å²) in [7, 11) is 0. The fourth-order valence-corrected chi connectivity index (χ4v) is 7.68. The number of likely N-dealkylation sites (tertiary alicyclic amines) is 1. The fraction of sp³-hybridized carbons (Fsp3) is 0.389. The number of aryl methyl sites for hydroxylation is 1. The number of ketones is 1. The summed E-state index contributed by atoms with van der Waals surface area (Å²) in [6, 6.07) is 22.7. The van der Waals surface area contributed by atoms with Crippen LogP contribution in [0.15, 0.2) is 84.4 Å². The molecule has 0 unspecified atom stereocenters. The number of nitrogens with zero attached hydrogens (tertiary/aromatic N) is 3. The molecule has 1 saturated carbocycles. The third-order valence-corrected chi connectivity index (χ3v) is 10.0. The van der Waals surface area contributed by atoms with Crippen LogP contribution >= 0.6 is 11.3 Å². The Morgan fingerprint density at radius 1 is 1.02 bits per heavy atom. The standard InChI is InChI=1S/C36H39N3O4S/c1-24-23-44-35(38-24)31-13-8-18-39(31)36(42)28-12-7-11-26(20-28)32(40)22-29(19-25-9-3-2-4-10-25)34(41)27-15-16-30(21-27)43-33-14-5-6-17-37-33/h2-7,9-12,14,17,20,23,27,29-31,34,41H,8,13,15-16,18-19,21-22H2,1H3/t27-,29-,30+,31-,34-/m1/s1. The molecule has 6 rings (SSSR count). The monoisotopic (exact) mass is 609 g/mol. The molecule has 7 nitrogen and oxygen atoms in total. The van der Waals surface area contributed by atoms with Crippen LogP contribution in [0.3, 0.4) is 0 Å². The van der Waals surface area contributed by atoms with Gasteiger partial charge in [-0.25, -0.2) is 9.97 Å². The zero-order valence-electron chi connectivity index (χ0n) is 25.0. The van der Waals surface area contributed by atoms with Gasteiger partial charge in [0.2, 0.25) is 5.88 Å². The van der Waals surface area contributed by atoms with Crippen LogP contribution in [0.4, 0.5) is 0 Å². The topological polar surface area (TPSA) is 92.6 Å². The lowest BCUT2D eigenvalue weighted by atomic mass is 9.81. The van der Waals surface area contributed by atoms with Gasteiger partial charge in [0, 0.05) is 47.4 Å². The molecule has 0 bridgehead atoms. The number of aromatic nitrogens is 2. The van der Waals surface area contributed by atoms with Gasteiger partial charge in [-0.1, -0.05) is 48.5 Å². The predicted molar refractivity (Wildman–Crippen MR) is 171 cm³/mol. The molecule has 8 heteroatoms. The highest BCUT2D eigenvalue weighted by Gasteiger charge is 2.37. The molecule has 4 aromatic rings. The molecular formula is C36H39N3O4S. The minimum absolute atomic E-state index is 0.0111. The van der Waals surface area contributed by atoms with Gasteiger partial charge >= 0.3 is 0 Å². The summed E-state index contributed by atoms with van der Waals surface area (Å²) in [5, 5.41) is 14.7. The molecule has 0 radical (unpaired) electrons. The maximum atomic E-state index is 13.8. The zero-order valence-corrected chi connectivity index (χ0v) is 25.9. The summed E-state index contributed by atoms with van der Waals surface area (Å²) in [6.07, 6.45) is 6.05. The Morgan fingerprint density at radius 2 is 1.84 bits per heavy atom. The lowest BCUT2D eigenvalue weighted by Crippen LogP contribution is -2.32. The van der Waals surface area contributed by atoms with E-state index in [9.17, 15) is 14.7 Å². The highest BCUT2D eigenvalue weighted by molar-refractivity contribution is 7.09. The number of Topliss-reactive ketones (excluding diaryl/α,β-unsaturated/α-hetero) is 1. The molecular weight excluding hydrogens is 570 g/mol. The Labute approximate surface area is 263 Å². The molecule has 1 aliphatic heterocycles. The molecule has 1 amide bonds. The van der Waals surface area contributed by atoms with E-state index in [0.717, 1.165) is 48.4 Å². The quantitative estimate of drug-likeness (QED) is 0.187.